The first-order valence-corrected chi connectivity index (χ1v) is 10.4. The Labute approximate surface area is 174 Å². The fourth-order valence-electron chi connectivity index (χ4n) is 3.38. The zero-order valence-electron chi connectivity index (χ0n) is 17.2. The molecule has 1 N–H and O–H groups in total. The molecule has 2 aromatic carbocycles. The van der Waals surface area contributed by atoms with E-state index in [1.807, 2.05) is 37.3 Å². The van der Waals surface area contributed by atoms with E-state index < -0.39 is 0 Å². The largest absolute Gasteiger partial charge is 0.494 e. The summed E-state index contributed by atoms with van der Waals surface area (Å²) in [5.74, 6) is 0.879. The van der Waals surface area contributed by atoms with Crippen LogP contribution in [0.2, 0.25) is 0 Å². The maximum Gasteiger partial charge on any atom is 0.225 e. The van der Waals surface area contributed by atoms with Gasteiger partial charge in [0.1, 0.15) is 5.75 Å². The van der Waals surface area contributed by atoms with E-state index in [4.69, 9.17) is 4.74 Å². The summed E-state index contributed by atoms with van der Waals surface area (Å²) >= 11 is 0. The minimum atomic E-state index is 0.0578. The van der Waals surface area contributed by atoms with E-state index in [0.717, 1.165) is 50.7 Å². The Bertz CT molecular complexity index is 766. The molecule has 1 heterocycles. The van der Waals surface area contributed by atoms with Gasteiger partial charge < -0.3 is 15.0 Å². The smallest absolute Gasteiger partial charge is 0.225 e. The highest BCUT2D eigenvalue weighted by Crippen LogP contribution is 2.16. The average Bonchev–Trinajstić information content (AvgIpc) is 2.75. The van der Waals surface area contributed by atoms with Crippen LogP contribution in [-0.4, -0.2) is 61.6 Å². The SMILES string of the molecule is CCOc1ccc(NC(=O)CCN2CCN(C/C=C/c3ccccc3)CC2)cc1. The van der Waals surface area contributed by atoms with Crippen LogP contribution < -0.4 is 10.1 Å². The van der Waals surface area contributed by atoms with Crippen LogP contribution in [0.4, 0.5) is 5.69 Å². The van der Waals surface area contributed by atoms with Gasteiger partial charge in [-0.1, -0.05) is 42.5 Å². The predicted molar refractivity (Wildman–Crippen MR) is 119 cm³/mol. The van der Waals surface area contributed by atoms with Crippen molar-refractivity contribution >= 4 is 17.7 Å². The fraction of sp³-hybridized carbons (Fsp3) is 0.375. The number of benzene rings is 2. The molecule has 29 heavy (non-hydrogen) atoms. The zero-order valence-corrected chi connectivity index (χ0v) is 17.2. The van der Waals surface area contributed by atoms with Gasteiger partial charge >= 0.3 is 0 Å². The number of amides is 1. The molecule has 1 aliphatic heterocycles. The van der Waals surface area contributed by atoms with Crippen molar-refractivity contribution in [1.82, 2.24) is 9.80 Å². The van der Waals surface area contributed by atoms with Crippen molar-refractivity contribution in [1.29, 1.82) is 0 Å². The maximum absolute atomic E-state index is 12.2. The third-order valence-corrected chi connectivity index (χ3v) is 5.04. The lowest BCUT2D eigenvalue weighted by Gasteiger charge is -2.34. The van der Waals surface area contributed by atoms with Gasteiger partial charge in [0.15, 0.2) is 0 Å². The number of nitrogens with one attached hydrogen (secondary N) is 1. The van der Waals surface area contributed by atoms with Crippen LogP contribution in [0.5, 0.6) is 5.75 Å². The van der Waals surface area contributed by atoms with Gasteiger partial charge in [-0.05, 0) is 36.8 Å². The summed E-state index contributed by atoms with van der Waals surface area (Å²) in [5, 5.41) is 2.96. The molecule has 0 spiro atoms. The molecule has 0 saturated carbocycles. The monoisotopic (exact) mass is 393 g/mol. The minimum absolute atomic E-state index is 0.0578. The number of hydrogen-bond acceptors (Lipinski definition) is 4. The second-order valence-electron chi connectivity index (χ2n) is 7.21. The third kappa shape index (κ3) is 7.37. The molecule has 0 aliphatic carbocycles. The molecule has 5 nitrogen and oxygen atoms in total. The maximum atomic E-state index is 12.2. The lowest BCUT2D eigenvalue weighted by Crippen LogP contribution is -2.46. The number of piperazine rings is 1. The molecule has 1 aliphatic rings. The molecule has 0 radical (unpaired) electrons. The van der Waals surface area contributed by atoms with Gasteiger partial charge in [0.05, 0.1) is 6.61 Å². The van der Waals surface area contributed by atoms with E-state index in [9.17, 15) is 4.79 Å². The third-order valence-electron chi connectivity index (χ3n) is 5.04. The molecular weight excluding hydrogens is 362 g/mol. The number of carbonyl (C=O) groups is 1. The molecule has 1 saturated heterocycles. The van der Waals surface area contributed by atoms with Crippen molar-refractivity contribution in [2.24, 2.45) is 0 Å². The number of anilines is 1. The number of nitrogens with zero attached hydrogens (tertiary/aromatic N) is 2. The topological polar surface area (TPSA) is 44.8 Å². The summed E-state index contributed by atoms with van der Waals surface area (Å²) < 4.78 is 5.42. The van der Waals surface area contributed by atoms with Gasteiger partial charge in [-0.2, -0.15) is 0 Å². The standard InChI is InChI=1S/C24H31N3O2/c1-2-29-23-12-10-22(11-13-23)25-24(28)14-16-27-19-17-26(18-20-27)15-6-9-21-7-4-3-5-8-21/h3-13H,2,14-20H2,1H3,(H,25,28)/b9-6+. The molecule has 0 unspecified atom stereocenters. The summed E-state index contributed by atoms with van der Waals surface area (Å²) in [6, 6.07) is 17.9. The Hall–Kier alpha value is -2.63. The Kier molecular flexibility index (Phi) is 8.28. The molecule has 1 fully saturated rings. The van der Waals surface area contributed by atoms with Gasteiger partial charge in [0, 0.05) is 51.4 Å². The van der Waals surface area contributed by atoms with E-state index in [1.54, 1.807) is 0 Å². The van der Waals surface area contributed by atoms with Crippen molar-refractivity contribution in [3.05, 3.63) is 66.2 Å². The van der Waals surface area contributed by atoms with Crippen LogP contribution in [0.1, 0.15) is 18.9 Å². The van der Waals surface area contributed by atoms with Crippen LogP contribution in [0.25, 0.3) is 6.08 Å². The molecule has 0 bridgehead atoms. The normalized spacial score (nSPS) is 15.5. The summed E-state index contributed by atoms with van der Waals surface area (Å²) in [6.07, 6.45) is 4.92. The van der Waals surface area contributed by atoms with E-state index in [1.165, 1.54) is 5.56 Å². The highest BCUT2D eigenvalue weighted by Gasteiger charge is 2.16. The summed E-state index contributed by atoms with van der Waals surface area (Å²) in [5.41, 5.74) is 2.05. The summed E-state index contributed by atoms with van der Waals surface area (Å²) in [7, 11) is 0. The molecule has 0 atom stereocenters. The lowest BCUT2D eigenvalue weighted by molar-refractivity contribution is -0.116. The number of ether oxygens (including phenoxy) is 1. The molecule has 3 rings (SSSR count). The van der Waals surface area contributed by atoms with Crippen molar-refractivity contribution in [2.75, 3.05) is 51.2 Å². The average molecular weight is 394 g/mol. The molecule has 1 amide bonds. The van der Waals surface area contributed by atoms with Crippen LogP contribution >= 0.6 is 0 Å². The number of rotatable bonds is 9. The molecular formula is C24H31N3O2. The van der Waals surface area contributed by atoms with E-state index >= 15 is 0 Å². The van der Waals surface area contributed by atoms with Crippen molar-refractivity contribution in [2.45, 2.75) is 13.3 Å². The second-order valence-corrected chi connectivity index (χ2v) is 7.21. The van der Waals surface area contributed by atoms with Gasteiger partial charge in [-0.25, -0.2) is 0 Å². The summed E-state index contributed by atoms with van der Waals surface area (Å²) in [4.78, 5) is 17.0. The molecule has 2 aromatic rings. The van der Waals surface area contributed by atoms with Crippen LogP contribution in [0.3, 0.4) is 0 Å². The van der Waals surface area contributed by atoms with Gasteiger partial charge in [0.25, 0.3) is 0 Å². The Morgan fingerprint density at radius 2 is 1.69 bits per heavy atom. The zero-order chi connectivity index (χ0) is 20.3. The Balaban J connectivity index is 1.32. The summed E-state index contributed by atoms with van der Waals surface area (Å²) in [6.45, 7) is 8.47. The van der Waals surface area contributed by atoms with Gasteiger partial charge in [-0.3, -0.25) is 9.69 Å². The van der Waals surface area contributed by atoms with Gasteiger partial charge in [0.2, 0.25) is 5.91 Å². The van der Waals surface area contributed by atoms with Crippen molar-refractivity contribution in [3.63, 3.8) is 0 Å². The quantitative estimate of drug-likeness (QED) is 0.705. The van der Waals surface area contributed by atoms with Crippen molar-refractivity contribution in [3.8, 4) is 5.75 Å². The van der Waals surface area contributed by atoms with Crippen LogP contribution in [-0.2, 0) is 4.79 Å². The van der Waals surface area contributed by atoms with E-state index in [2.05, 4.69) is 51.5 Å². The van der Waals surface area contributed by atoms with Crippen LogP contribution in [0.15, 0.2) is 60.7 Å². The second kappa shape index (κ2) is 11.4. The minimum Gasteiger partial charge on any atom is -0.494 e. The predicted octanol–water partition coefficient (Wildman–Crippen LogP) is 3.74. The van der Waals surface area contributed by atoms with Gasteiger partial charge in [-0.15, -0.1) is 0 Å². The number of hydrogen-bond donors (Lipinski definition) is 1. The molecule has 0 aromatic heterocycles. The highest BCUT2D eigenvalue weighted by atomic mass is 16.5. The number of carbonyl (C=O) groups excluding carboxylic acids is 1. The Morgan fingerprint density at radius 1 is 1.00 bits per heavy atom. The molecule has 154 valence electrons. The molecule has 5 heteroatoms. The first kappa shape index (κ1) is 21.1. The Morgan fingerprint density at radius 3 is 2.38 bits per heavy atom. The highest BCUT2D eigenvalue weighted by molar-refractivity contribution is 5.90. The lowest BCUT2D eigenvalue weighted by atomic mass is 10.2. The van der Waals surface area contributed by atoms with Crippen molar-refractivity contribution < 1.29 is 9.53 Å². The van der Waals surface area contributed by atoms with E-state index in [-0.39, 0.29) is 5.91 Å². The van der Waals surface area contributed by atoms with Crippen LogP contribution in [0, 0.1) is 0 Å². The fourth-order valence-corrected chi connectivity index (χ4v) is 3.38. The van der Waals surface area contributed by atoms with E-state index in [0.29, 0.717) is 13.0 Å². The first-order valence-electron chi connectivity index (χ1n) is 10.4. The first-order chi connectivity index (χ1) is 14.2.